The molecular weight excluding hydrogens is 362 g/mol. The van der Waals surface area contributed by atoms with Crippen LogP contribution in [0.3, 0.4) is 0 Å². The summed E-state index contributed by atoms with van der Waals surface area (Å²) in [6.45, 7) is 5.97. The van der Waals surface area contributed by atoms with Crippen molar-refractivity contribution in [2.24, 2.45) is 0 Å². The molecule has 0 spiro atoms. The smallest absolute Gasteiger partial charge is 0.255 e. The molecule has 2 aromatic carbocycles. The lowest BCUT2D eigenvalue weighted by molar-refractivity contribution is 0.0949. The zero-order chi connectivity index (χ0) is 20.4. The van der Waals surface area contributed by atoms with Crippen LogP contribution in [0.1, 0.15) is 33.0 Å². The summed E-state index contributed by atoms with van der Waals surface area (Å²) in [6, 6.07) is 19.9. The topological polar surface area (TPSA) is 60.1 Å². The van der Waals surface area contributed by atoms with E-state index in [4.69, 9.17) is 9.52 Å². The van der Waals surface area contributed by atoms with Crippen molar-refractivity contribution >= 4 is 5.91 Å². The first-order valence-corrected chi connectivity index (χ1v) is 9.58. The van der Waals surface area contributed by atoms with Crippen molar-refractivity contribution in [1.29, 1.82) is 0 Å². The summed E-state index contributed by atoms with van der Waals surface area (Å²) >= 11 is 0. The van der Waals surface area contributed by atoms with Gasteiger partial charge in [0, 0.05) is 29.4 Å². The Hall–Kier alpha value is -3.60. The Balaban J connectivity index is 1.65. The molecule has 2 aromatic heterocycles. The van der Waals surface area contributed by atoms with Gasteiger partial charge in [0.05, 0.1) is 16.9 Å². The van der Waals surface area contributed by atoms with E-state index in [-0.39, 0.29) is 5.91 Å². The van der Waals surface area contributed by atoms with Crippen molar-refractivity contribution in [3.63, 3.8) is 0 Å². The van der Waals surface area contributed by atoms with E-state index in [1.54, 1.807) is 0 Å². The lowest BCUT2D eigenvalue weighted by Gasteiger charge is -2.06. The van der Waals surface area contributed by atoms with Gasteiger partial charge < -0.3 is 9.73 Å². The average Bonchev–Trinajstić information content (AvgIpc) is 3.28. The third-order valence-electron chi connectivity index (χ3n) is 5.09. The molecular formula is C24H23N3O2. The Morgan fingerprint density at radius 2 is 1.62 bits per heavy atom. The summed E-state index contributed by atoms with van der Waals surface area (Å²) < 4.78 is 7.45. The van der Waals surface area contributed by atoms with Crippen LogP contribution in [-0.4, -0.2) is 15.7 Å². The summed E-state index contributed by atoms with van der Waals surface area (Å²) in [7, 11) is 0. The average molecular weight is 385 g/mol. The van der Waals surface area contributed by atoms with Crippen molar-refractivity contribution in [3.8, 4) is 16.9 Å². The van der Waals surface area contributed by atoms with Gasteiger partial charge in [-0.15, -0.1) is 0 Å². The molecule has 0 bridgehead atoms. The van der Waals surface area contributed by atoms with Crippen molar-refractivity contribution in [1.82, 2.24) is 15.1 Å². The highest BCUT2D eigenvalue weighted by Gasteiger charge is 2.19. The molecule has 0 saturated heterocycles. The second-order valence-electron chi connectivity index (χ2n) is 7.05. The molecule has 4 aromatic rings. The fourth-order valence-corrected chi connectivity index (χ4v) is 3.48. The second kappa shape index (κ2) is 7.80. The standard InChI is InChI=1S/C24H23N3O2/c1-16-17(2)29-18(3)22(16)24(28)25-14-20-15-27(21-12-8-5-9-13-21)26-23(20)19-10-6-4-7-11-19/h4-13,15H,14H2,1-3H3,(H,25,28). The highest BCUT2D eigenvalue weighted by atomic mass is 16.3. The van der Waals surface area contributed by atoms with Gasteiger partial charge in [-0.05, 0) is 32.9 Å². The van der Waals surface area contributed by atoms with Crippen LogP contribution in [0.25, 0.3) is 16.9 Å². The van der Waals surface area contributed by atoms with E-state index in [9.17, 15) is 4.79 Å². The second-order valence-corrected chi connectivity index (χ2v) is 7.05. The number of nitrogens with one attached hydrogen (secondary N) is 1. The van der Waals surface area contributed by atoms with Crippen LogP contribution >= 0.6 is 0 Å². The lowest BCUT2D eigenvalue weighted by atomic mass is 10.1. The molecule has 0 aliphatic carbocycles. The van der Waals surface area contributed by atoms with Gasteiger partial charge in [-0.1, -0.05) is 48.5 Å². The van der Waals surface area contributed by atoms with Crippen molar-refractivity contribution < 1.29 is 9.21 Å². The van der Waals surface area contributed by atoms with Crippen LogP contribution in [0.2, 0.25) is 0 Å². The van der Waals surface area contributed by atoms with E-state index in [0.717, 1.165) is 33.8 Å². The van der Waals surface area contributed by atoms with Gasteiger partial charge in [0.25, 0.3) is 5.91 Å². The first-order valence-electron chi connectivity index (χ1n) is 9.58. The van der Waals surface area contributed by atoms with E-state index in [1.807, 2.05) is 92.3 Å². The van der Waals surface area contributed by atoms with Gasteiger partial charge in [0.15, 0.2) is 0 Å². The summed E-state index contributed by atoms with van der Waals surface area (Å²) in [6.07, 6.45) is 1.97. The molecule has 0 aliphatic rings. The summed E-state index contributed by atoms with van der Waals surface area (Å²) in [5.74, 6) is 1.28. The van der Waals surface area contributed by atoms with Gasteiger partial charge in [0.1, 0.15) is 11.5 Å². The number of amides is 1. The summed E-state index contributed by atoms with van der Waals surface area (Å²) in [5, 5.41) is 7.82. The Labute approximate surface area is 170 Å². The lowest BCUT2D eigenvalue weighted by Crippen LogP contribution is -2.23. The molecule has 146 valence electrons. The molecule has 1 N–H and O–H groups in total. The maximum absolute atomic E-state index is 12.8. The zero-order valence-electron chi connectivity index (χ0n) is 16.8. The van der Waals surface area contributed by atoms with E-state index in [2.05, 4.69) is 5.32 Å². The maximum atomic E-state index is 12.8. The summed E-state index contributed by atoms with van der Waals surface area (Å²) in [4.78, 5) is 12.8. The Morgan fingerprint density at radius 1 is 0.966 bits per heavy atom. The van der Waals surface area contributed by atoms with Crippen LogP contribution < -0.4 is 5.32 Å². The van der Waals surface area contributed by atoms with Gasteiger partial charge in [-0.2, -0.15) is 5.10 Å². The minimum atomic E-state index is -0.136. The van der Waals surface area contributed by atoms with E-state index < -0.39 is 0 Å². The van der Waals surface area contributed by atoms with Gasteiger partial charge >= 0.3 is 0 Å². The van der Waals surface area contributed by atoms with Crippen LogP contribution in [-0.2, 0) is 6.54 Å². The first kappa shape index (κ1) is 18.7. The predicted molar refractivity (Wildman–Crippen MR) is 113 cm³/mol. The van der Waals surface area contributed by atoms with E-state index in [1.165, 1.54) is 0 Å². The third-order valence-corrected chi connectivity index (χ3v) is 5.09. The molecule has 0 radical (unpaired) electrons. The number of rotatable bonds is 5. The third kappa shape index (κ3) is 3.72. The first-order chi connectivity index (χ1) is 14.0. The molecule has 0 saturated carbocycles. The SMILES string of the molecule is Cc1oc(C)c(C(=O)NCc2cn(-c3ccccc3)nc2-c2ccccc2)c1C. The molecule has 5 nitrogen and oxygen atoms in total. The molecule has 2 heterocycles. The molecule has 1 amide bonds. The molecule has 4 rings (SSSR count). The molecule has 29 heavy (non-hydrogen) atoms. The van der Waals surface area contributed by atoms with E-state index in [0.29, 0.717) is 17.9 Å². The van der Waals surface area contributed by atoms with Crippen molar-refractivity contribution in [2.75, 3.05) is 0 Å². The van der Waals surface area contributed by atoms with Gasteiger partial charge in [0.2, 0.25) is 0 Å². The van der Waals surface area contributed by atoms with Crippen LogP contribution in [0, 0.1) is 20.8 Å². The highest BCUT2D eigenvalue weighted by Crippen LogP contribution is 2.24. The number of carbonyl (C=O) groups is 1. The van der Waals surface area contributed by atoms with Gasteiger partial charge in [-0.25, -0.2) is 4.68 Å². The van der Waals surface area contributed by atoms with Crippen LogP contribution in [0.15, 0.2) is 71.3 Å². The fourth-order valence-electron chi connectivity index (χ4n) is 3.48. The highest BCUT2D eigenvalue weighted by molar-refractivity contribution is 5.96. The van der Waals surface area contributed by atoms with Gasteiger partial charge in [-0.3, -0.25) is 4.79 Å². The fraction of sp³-hybridized carbons (Fsp3) is 0.167. The number of para-hydroxylation sites is 1. The molecule has 0 aliphatic heterocycles. The normalized spacial score (nSPS) is 10.9. The molecule has 5 heteroatoms. The minimum Gasteiger partial charge on any atom is -0.466 e. The predicted octanol–water partition coefficient (Wildman–Crippen LogP) is 4.99. The number of aromatic nitrogens is 2. The number of hydrogen-bond donors (Lipinski definition) is 1. The van der Waals surface area contributed by atoms with Crippen molar-refractivity contribution in [2.45, 2.75) is 27.3 Å². The Bertz CT molecular complexity index is 1140. The Morgan fingerprint density at radius 3 is 2.24 bits per heavy atom. The monoisotopic (exact) mass is 385 g/mol. The quantitative estimate of drug-likeness (QED) is 0.527. The molecule has 0 unspecified atom stereocenters. The molecule has 0 fully saturated rings. The van der Waals surface area contributed by atoms with Crippen LogP contribution in [0.4, 0.5) is 0 Å². The number of hydrogen-bond acceptors (Lipinski definition) is 3. The van der Waals surface area contributed by atoms with Crippen LogP contribution in [0.5, 0.6) is 0 Å². The summed E-state index contributed by atoms with van der Waals surface area (Å²) in [5.41, 5.74) is 5.27. The number of furan rings is 1. The number of aryl methyl sites for hydroxylation is 2. The largest absolute Gasteiger partial charge is 0.466 e. The molecule has 0 atom stereocenters. The zero-order valence-corrected chi connectivity index (χ0v) is 16.8. The number of nitrogens with zero attached hydrogens (tertiary/aromatic N) is 2. The Kier molecular flexibility index (Phi) is 5.04. The maximum Gasteiger partial charge on any atom is 0.255 e. The van der Waals surface area contributed by atoms with E-state index >= 15 is 0 Å². The number of carbonyl (C=O) groups excluding carboxylic acids is 1. The van der Waals surface area contributed by atoms with Crippen molar-refractivity contribution in [3.05, 3.63) is 95.1 Å². The number of benzene rings is 2. The minimum absolute atomic E-state index is 0.136.